The second-order valence-corrected chi connectivity index (χ2v) is 5.69. The van der Waals surface area contributed by atoms with Gasteiger partial charge in [0.1, 0.15) is 5.75 Å². The first kappa shape index (κ1) is 13.4. The van der Waals surface area contributed by atoms with Gasteiger partial charge in [-0.3, -0.25) is 4.79 Å². The lowest BCUT2D eigenvalue weighted by Crippen LogP contribution is -2.33. The minimum Gasteiger partial charge on any atom is -0.497 e. The van der Waals surface area contributed by atoms with Crippen LogP contribution in [0.4, 0.5) is 0 Å². The molecule has 1 N–H and O–H groups in total. The van der Waals surface area contributed by atoms with E-state index in [1.165, 1.54) is 0 Å². The molecule has 0 heterocycles. The molecule has 0 radical (unpaired) electrons. The van der Waals surface area contributed by atoms with E-state index in [1.807, 2.05) is 19.1 Å². The van der Waals surface area contributed by atoms with E-state index in [0.29, 0.717) is 12.8 Å². The van der Waals surface area contributed by atoms with Gasteiger partial charge in [-0.05, 0) is 43.0 Å². The van der Waals surface area contributed by atoms with E-state index in [2.05, 4.69) is 15.9 Å². The molecule has 1 aliphatic carbocycles. The fourth-order valence-electron chi connectivity index (χ4n) is 2.78. The van der Waals surface area contributed by atoms with Crippen molar-refractivity contribution in [2.24, 2.45) is 0 Å². The van der Waals surface area contributed by atoms with Crippen LogP contribution in [-0.2, 0) is 10.2 Å². The smallest absolute Gasteiger partial charge is 0.314 e. The highest BCUT2D eigenvalue weighted by Gasteiger charge is 2.44. The minimum absolute atomic E-state index is 0.702. The van der Waals surface area contributed by atoms with Crippen LogP contribution >= 0.6 is 15.9 Å². The number of hydrogen-bond donors (Lipinski definition) is 1. The summed E-state index contributed by atoms with van der Waals surface area (Å²) in [6.07, 6.45) is 3.34. The van der Waals surface area contributed by atoms with Gasteiger partial charge in [0.15, 0.2) is 0 Å². The molecule has 0 saturated heterocycles. The fourth-order valence-corrected chi connectivity index (χ4v) is 3.39. The van der Waals surface area contributed by atoms with Crippen molar-refractivity contribution in [1.29, 1.82) is 0 Å². The Hall–Kier alpha value is -1.03. The number of carbonyl (C=O) groups is 1. The van der Waals surface area contributed by atoms with E-state index in [0.717, 1.165) is 34.2 Å². The molecular weight excluding hydrogens is 296 g/mol. The first-order valence-electron chi connectivity index (χ1n) is 6.09. The van der Waals surface area contributed by atoms with Gasteiger partial charge in [0.25, 0.3) is 0 Å². The lowest BCUT2D eigenvalue weighted by molar-refractivity contribution is -0.143. The van der Waals surface area contributed by atoms with Crippen molar-refractivity contribution in [2.75, 3.05) is 7.11 Å². The van der Waals surface area contributed by atoms with Crippen molar-refractivity contribution in [3.63, 3.8) is 0 Å². The summed E-state index contributed by atoms with van der Waals surface area (Å²) >= 11 is 3.54. The van der Waals surface area contributed by atoms with Gasteiger partial charge >= 0.3 is 5.97 Å². The molecule has 0 atom stereocenters. The summed E-state index contributed by atoms with van der Waals surface area (Å²) in [4.78, 5) is 11.7. The lowest BCUT2D eigenvalue weighted by Gasteiger charge is -2.27. The number of aryl methyl sites for hydroxylation is 1. The van der Waals surface area contributed by atoms with E-state index in [4.69, 9.17) is 4.74 Å². The maximum atomic E-state index is 11.7. The molecule has 0 aromatic heterocycles. The van der Waals surface area contributed by atoms with Crippen LogP contribution in [0.3, 0.4) is 0 Å². The molecule has 1 aromatic rings. The summed E-state index contributed by atoms with van der Waals surface area (Å²) in [6, 6.07) is 3.77. The van der Waals surface area contributed by atoms with Crippen molar-refractivity contribution in [3.8, 4) is 5.75 Å². The third-order valence-electron chi connectivity index (χ3n) is 3.85. The zero-order valence-electron chi connectivity index (χ0n) is 10.6. The first-order chi connectivity index (χ1) is 8.51. The summed E-state index contributed by atoms with van der Waals surface area (Å²) in [6.45, 7) is 1.96. The van der Waals surface area contributed by atoms with Crippen LogP contribution in [0, 0.1) is 6.92 Å². The average molecular weight is 313 g/mol. The molecule has 1 saturated carbocycles. The second-order valence-electron chi connectivity index (χ2n) is 4.90. The normalized spacial score (nSPS) is 17.7. The van der Waals surface area contributed by atoms with E-state index in [1.54, 1.807) is 7.11 Å². The van der Waals surface area contributed by atoms with E-state index in [9.17, 15) is 9.90 Å². The van der Waals surface area contributed by atoms with Gasteiger partial charge in [-0.2, -0.15) is 0 Å². The molecule has 1 aliphatic rings. The van der Waals surface area contributed by atoms with Crippen LogP contribution in [0.25, 0.3) is 0 Å². The van der Waals surface area contributed by atoms with Gasteiger partial charge in [-0.25, -0.2) is 0 Å². The molecule has 0 amide bonds. The maximum absolute atomic E-state index is 11.7. The summed E-state index contributed by atoms with van der Waals surface area (Å²) < 4.78 is 6.16. The molecule has 0 bridgehead atoms. The van der Waals surface area contributed by atoms with Crippen LogP contribution in [-0.4, -0.2) is 18.2 Å². The van der Waals surface area contributed by atoms with Gasteiger partial charge < -0.3 is 9.84 Å². The Labute approximate surface area is 115 Å². The molecule has 0 unspecified atom stereocenters. The first-order valence-corrected chi connectivity index (χ1v) is 6.88. The standard InChI is InChI=1S/C14H17BrO3/c1-9-7-10(18-2)8-11(12(9)15)14(13(16)17)5-3-4-6-14/h7-8H,3-6H2,1-2H3,(H,16,17). The largest absolute Gasteiger partial charge is 0.497 e. The maximum Gasteiger partial charge on any atom is 0.314 e. The molecule has 2 rings (SSSR count). The van der Waals surface area contributed by atoms with Crippen LogP contribution in [0.2, 0.25) is 0 Å². The third kappa shape index (κ3) is 2.03. The topological polar surface area (TPSA) is 46.5 Å². The quantitative estimate of drug-likeness (QED) is 0.926. The van der Waals surface area contributed by atoms with E-state index >= 15 is 0 Å². The molecule has 0 aliphatic heterocycles. The molecule has 18 heavy (non-hydrogen) atoms. The van der Waals surface area contributed by atoms with E-state index < -0.39 is 11.4 Å². The number of benzene rings is 1. The third-order valence-corrected chi connectivity index (χ3v) is 4.90. The van der Waals surface area contributed by atoms with Gasteiger partial charge in [0.2, 0.25) is 0 Å². The minimum atomic E-state index is -0.752. The lowest BCUT2D eigenvalue weighted by atomic mass is 9.78. The number of methoxy groups -OCH3 is 1. The monoisotopic (exact) mass is 312 g/mol. The van der Waals surface area contributed by atoms with Gasteiger partial charge in [-0.1, -0.05) is 28.8 Å². The Kier molecular flexibility index (Phi) is 3.66. The van der Waals surface area contributed by atoms with Crippen LogP contribution in [0.15, 0.2) is 16.6 Å². The Morgan fingerprint density at radius 2 is 2.00 bits per heavy atom. The summed E-state index contributed by atoms with van der Waals surface area (Å²) in [7, 11) is 1.61. The van der Waals surface area contributed by atoms with Crippen LogP contribution < -0.4 is 4.74 Å². The highest BCUT2D eigenvalue weighted by atomic mass is 79.9. The highest BCUT2D eigenvalue weighted by molar-refractivity contribution is 9.10. The predicted molar refractivity (Wildman–Crippen MR) is 73.2 cm³/mol. The Balaban J connectivity index is 2.61. The Morgan fingerprint density at radius 3 is 2.50 bits per heavy atom. The number of hydrogen-bond acceptors (Lipinski definition) is 2. The van der Waals surface area contributed by atoms with Crippen LogP contribution in [0.1, 0.15) is 36.8 Å². The molecule has 1 aromatic carbocycles. The predicted octanol–water partition coefficient (Wildman–Crippen LogP) is 3.66. The number of carboxylic acids is 1. The SMILES string of the molecule is COc1cc(C)c(Br)c(C2(C(=O)O)CCCC2)c1. The Morgan fingerprint density at radius 1 is 1.39 bits per heavy atom. The number of halogens is 1. The van der Waals surface area contributed by atoms with Gasteiger partial charge in [0.05, 0.1) is 12.5 Å². The number of ether oxygens (including phenoxy) is 1. The summed E-state index contributed by atoms with van der Waals surface area (Å²) in [5, 5.41) is 9.63. The van der Waals surface area contributed by atoms with Crippen molar-refractivity contribution in [1.82, 2.24) is 0 Å². The van der Waals surface area contributed by atoms with Crippen LogP contribution in [0.5, 0.6) is 5.75 Å². The van der Waals surface area contributed by atoms with Gasteiger partial charge in [0, 0.05) is 4.47 Å². The van der Waals surface area contributed by atoms with E-state index in [-0.39, 0.29) is 0 Å². The zero-order valence-corrected chi connectivity index (χ0v) is 12.2. The molecule has 4 heteroatoms. The fraction of sp³-hybridized carbons (Fsp3) is 0.500. The zero-order chi connectivity index (χ0) is 13.3. The summed E-state index contributed by atoms with van der Waals surface area (Å²) in [5.41, 5.74) is 1.11. The second kappa shape index (κ2) is 4.92. The summed E-state index contributed by atoms with van der Waals surface area (Å²) in [5.74, 6) is -0.00780. The molecule has 98 valence electrons. The number of rotatable bonds is 3. The van der Waals surface area contributed by atoms with Gasteiger partial charge in [-0.15, -0.1) is 0 Å². The molecule has 3 nitrogen and oxygen atoms in total. The van der Waals surface area contributed by atoms with Crippen molar-refractivity contribution in [2.45, 2.75) is 38.0 Å². The molecular formula is C14H17BrO3. The number of aliphatic carboxylic acids is 1. The Bertz CT molecular complexity index is 476. The molecule has 0 spiro atoms. The van der Waals surface area contributed by atoms with Crippen molar-refractivity contribution >= 4 is 21.9 Å². The number of carboxylic acid groups (broad SMARTS) is 1. The highest BCUT2D eigenvalue weighted by Crippen LogP contribution is 2.46. The van der Waals surface area contributed by atoms with Crippen molar-refractivity contribution in [3.05, 3.63) is 27.7 Å². The van der Waals surface area contributed by atoms with Crippen molar-refractivity contribution < 1.29 is 14.6 Å². The molecule has 1 fully saturated rings. The average Bonchev–Trinajstić information content (AvgIpc) is 2.82.